The van der Waals surface area contributed by atoms with Gasteiger partial charge in [-0.3, -0.25) is 4.68 Å². The van der Waals surface area contributed by atoms with Gasteiger partial charge in [0.05, 0.1) is 12.1 Å². The van der Waals surface area contributed by atoms with Crippen LogP contribution in [0.15, 0.2) is 48.5 Å². The monoisotopic (exact) mass is 336 g/mol. The van der Waals surface area contributed by atoms with Gasteiger partial charge >= 0.3 is 12.3 Å². The Hall–Kier alpha value is -3.03. The molecule has 0 unspecified atom stereocenters. The van der Waals surface area contributed by atoms with E-state index in [0.29, 0.717) is 16.5 Å². The van der Waals surface area contributed by atoms with E-state index in [1.165, 1.54) is 22.9 Å². The lowest BCUT2D eigenvalue weighted by atomic mass is 10.2. The number of halogens is 3. The highest BCUT2D eigenvalue weighted by molar-refractivity contribution is 6.01. The zero-order chi connectivity index (χ0) is 17.3. The Labute approximate surface area is 133 Å². The Bertz CT molecular complexity index is 903. The molecule has 1 N–H and O–H groups in total. The zero-order valence-corrected chi connectivity index (χ0v) is 12.1. The Morgan fingerprint density at radius 3 is 2.62 bits per heavy atom. The van der Waals surface area contributed by atoms with Crippen molar-refractivity contribution in [3.05, 3.63) is 59.8 Å². The molecular weight excluding hydrogens is 325 g/mol. The van der Waals surface area contributed by atoms with Gasteiger partial charge in [0.15, 0.2) is 5.69 Å². The van der Waals surface area contributed by atoms with E-state index in [-0.39, 0.29) is 18.0 Å². The van der Waals surface area contributed by atoms with Gasteiger partial charge in [0.1, 0.15) is 5.75 Å². The highest BCUT2D eigenvalue weighted by Crippen LogP contribution is 2.25. The average Bonchev–Trinajstić information content (AvgIpc) is 2.85. The van der Waals surface area contributed by atoms with Crippen LogP contribution >= 0.6 is 0 Å². The fraction of sp³-hybridized carbons (Fsp3) is 0.125. The number of carboxylic acids is 1. The fourth-order valence-electron chi connectivity index (χ4n) is 2.42. The number of para-hydroxylation sites is 1. The number of carbonyl (C=O) groups is 1. The molecule has 0 saturated heterocycles. The summed E-state index contributed by atoms with van der Waals surface area (Å²) in [5, 5.41) is 13.7. The average molecular weight is 336 g/mol. The first kappa shape index (κ1) is 15.9. The number of aromatic nitrogens is 2. The number of alkyl halides is 3. The first-order valence-electron chi connectivity index (χ1n) is 6.87. The molecule has 5 nitrogen and oxygen atoms in total. The van der Waals surface area contributed by atoms with Crippen LogP contribution in [0, 0.1) is 0 Å². The number of hydrogen-bond acceptors (Lipinski definition) is 3. The minimum atomic E-state index is -4.77. The minimum Gasteiger partial charge on any atom is -0.476 e. The van der Waals surface area contributed by atoms with Crippen LogP contribution < -0.4 is 4.74 Å². The van der Waals surface area contributed by atoms with Crippen molar-refractivity contribution in [1.82, 2.24) is 9.78 Å². The lowest BCUT2D eigenvalue weighted by Gasteiger charge is -2.10. The molecule has 1 aromatic heterocycles. The molecule has 124 valence electrons. The maximum atomic E-state index is 12.3. The highest BCUT2D eigenvalue weighted by Gasteiger charge is 2.31. The summed E-state index contributed by atoms with van der Waals surface area (Å²) in [6.07, 6.45) is -4.77. The van der Waals surface area contributed by atoms with Crippen LogP contribution in [0.1, 0.15) is 16.1 Å². The summed E-state index contributed by atoms with van der Waals surface area (Å²) in [5.41, 5.74) is 0.979. The number of fused-ring (bicyclic) bond motifs is 1. The van der Waals surface area contributed by atoms with Crippen LogP contribution in [0.2, 0.25) is 0 Å². The van der Waals surface area contributed by atoms with Crippen LogP contribution in [0.25, 0.3) is 10.9 Å². The number of ether oxygens (including phenoxy) is 1. The number of rotatable bonds is 4. The number of hydrogen-bond donors (Lipinski definition) is 1. The summed E-state index contributed by atoms with van der Waals surface area (Å²) in [6, 6.07) is 12.2. The number of aromatic carboxylic acids is 1. The highest BCUT2D eigenvalue weighted by atomic mass is 19.4. The number of nitrogens with zero attached hydrogens (tertiary/aromatic N) is 2. The maximum Gasteiger partial charge on any atom is 0.573 e. The Morgan fingerprint density at radius 1 is 1.17 bits per heavy atom. The lowest BCUT2D eigenvalue weighted by Crippen LogP contribution is -2.17. The van der Waals surface area contributed by atoms with Crippen molar-refractivity contribution in [2.45, 2.75) is 12.9 Å². The summed E-state index contributed by atoms with van der Waals surface area (Å²) in [5.74, 6) is -1.51. The number of benzene rings is 2. The maximum absolute atomic E-state index is 12.3. The van der Waals surface area contributed by atoms with Gasteiger partial charge in [0.25, 0.3) is 0 Å². The SMILES string of the molecule is O=C(O)c1nn(Cc2cccc(OC(F)(F)F)c2)c2ccccc12. The Kier molecular flexibility index (Phi) is 3.88. The van der Waals surface area contributed by atoms with Crippen LogP contribution in [-0.4, -0.2) is 27.2 Å². The van der Waals surface area contributed by atoms with Crippen molar-refractivity contribution in [2.75, 3.05) is 0 Å². The first-order valence-corrected chi connectivity index (χ1v) is 6.87. The smallest absolute Gasteiger partial charge is 0.476 e. The van der Waals surface area contributed by atoms with Crippen LogP contribution in [0.4, 0.5) is 13.2 Å². The molecule has 0 fully saturated rings. The third kappa shape index (κ3) is 3.32. The van der Waals surface area contributed by atoms with Gasteiger partial charge in [0, 0.05) is 5.39 Å². The zero-order valence-electron chi connectivity index (χ0n) is 12.1. The topological polar surface area (TPSA) is 64.3 Å². The molecule has 2 aromatic carbocycles. The fourth-order valence-corrected chi connectivity index (χ4v) is 2.42. The van der Waals surface area contributed by atoms with E-state index >= 15 is 0 Å². The van der Waals surface area contributed by atoms with Crippen molar-refractivity contribution >= 4 is 16.9 Å². The second kappa shape index (κ2) is 5.88. The van der Waals surface area contributed by atoms with Crippen LogP contribution in [0.3, 0.4) is 0 Å². The van der Waals surface area contributed by atoms with Gasteiger partial charge in [-0.2, -0.15) is 5.10 Å². The van der Waals surface area contributed by atoms with Gasteiger partial charge in [-0.15, -0.1) is 13.2 Å². The van der Waals surface area contributed by atoms with E-state index < -0.39 is 12.3 Å². The van der Waals surface area contributed by atoms with Crippen molar-refractivity contribution in [3.63, 3.8) is 0 Å². The molecule has 1 heterocycles. The van der Waals surface area contributed by atoms with E-state index in [9.17, 15) is 23.1 Å². The quantitative estimate of drug-likeness (QED) is 0.789. The normalized spacial score (nSPS) is 11.6. The molecule has 0 amide bonds. The summed E-state index contributed by atoms with van der Waals surface area (Å²) in [7, 11) is 0. The molecule has 0 spiro atoms. The molecule has 0 aliphatic rings. The molecule has 3 aromatic rings. The molecule has 0 aliphatic carbocycles. The predicted octanol–water partition coefficient (Wildman–Crippen LogP) is 3.68. The molecule has 8 heteroatoms. The molecule has 0 radical (unpaired) electrons. The second-order valence-corrected chi connectivity index (χ2v) is 5.02. The summed E-state index contributed by atoms with van der Waals surface area (Å²) >= 11 is 0. The Morgan fingerprint density at radius 2 is 1.92 bits per heavy atom. The van der Waals surface area contributed by atoms with Crippen LogP contribution in [-0.2, 0) is 6.54 Å². The van der Waals surface area contributed by atoms with E-state index in [2.05, 4.69) is 9.84 Å². The van der Waals surface area contributed by atoms with Gasteiger partial charge in [-0.05, 0) is 23.8 Å². The Balaban J connectivity index is 1.96. The summed E-state index contributed by atoms with van der Waals surface area (Å²) in [6.45, 7) is 0.114. The molecule has 3 rings (SSSR count). The molecule has 0 bridgehead atoms. The third-order valence-electron chi connectivity index (χ3n) is 3.32. The van der Waals surface area contributed by atoms with E-state index in [1.54, 1.807) is 30.3 Å². The molecule has 24 heavy (non-hydrogen) atoms. The van der Waals surface area contributed by atoms with Crippen molar-refractivity contribution in [1.29, 1.82) is 0 Å². The summed E-state index contributed by atoms with van der Waals surface area (Å²) < 4.78 is 42.2. The van der Waals surface area contributed by atoms with Gasteiger partial charge in [0.2, 0.25) is 0 Å². The van der Waals surface area contributed by atoms with E-state index in [0.717, 1.165) is 0 Å². The van der Waals surface area contributed by atoms with E-state index in [4.69, 9.17) is 0 Å². The van der Waals surface area contributed by atoms with E-state index in [1.807, 2.05) is 0 Å². The molecular formula is C16H11F3N2O3. The van der Waals surface area contributed by atoms with Gasteiger partial charge < -0.3 is 9.84 Å². The van der Waals surface area contributed by atoms with Gasteiger partial charge in [-0.25, -0.2) is 4.79 Å². The van der Waals surface area contributed by atoms with Crippen molar-refractivity contribution < 1.29 is 27.8 Å². The standard InChI is InChI=1S/C16H11F3N2O3/c17-16(18,19)24-11-5-3-4-10(8-11)9-21-13-7-2-1-6-12(13)14(20-21)15(22)23/h1-8H,9H2,(H,22,23). The third-order valence-corrected chi connectivity index (χ3v) is 3.32. The summed E-state index contributed by atoms with van der Waals surface area (Å²) in [4.78, 5) is 11.3. The number of carboxylic acid groups (broad SMARTS) is 1. The first-order chi connectivity index (χ1) is 11.3. The largest absolute Gasteiger partial charge is 0.573 e. The minimum absolute atomic E-state index is 0.103. The molecule has 0 atom stereocenters. The predicted molar refractivity (Wildman–Crippen MR) is 78.9 cm³/mol. The van der Waals surface area contributed by atoms with Gasteiger partial charge in [-0.1, -0.05) is 30.3 Å². The second-order valence-electron chi connectivity index (χ2n) is 5.02. The lowest BCUT2D eigenvalue weighted by molar-refractivity contribution is -0.274. The van der Waals surface area contributed by atoms with Crippen molar-refractivity contribution in [3.8, 4) is 5.75 Å². The van der Waals surface area contributed by atoms with Crippen molar-refractivity contribution in [2.24, 2.45) is 0 Å². The van der Waals surface area contributed by atoms with Crippen LogP contribution in [0.5, 0.6) is 5.75 Å². The molecule has 0 saturated carbocycles. The molecule has 0 aliphatic heterocycles.